The summed E-state index contributed by atoms with van der Waals surface area (Å²) < 4.78 is 0. The number of nitrogens with zero attached hydrogens (tertiary/aromatic N) is 2. The summed E-state index contributed by atoms with van der Waals surface area (Å²) in [5.74, 6) is 0. The lowest BCUT2D eigenvalue weighted by Crippen LogP contribution is -2.02. The van der Waals surface area contributed by atoms with E-state index < -0.39 is 0 Å². The molecule has 2 rings (SSSR count). The highest BCUT2D eigenvalue weighted by atomic mass is 32.1. The predicted octanol–water partition coefficient (Wildman–Crippen LogP) is 5.94. The molecule has 0 saturated heterocycles. The summed E-state index contributed by atoms with van der Waals surface area (Å²) >= 11 is 1.71. The van der Waals surface area contributed by atoms with Crippen LogP contribution >= 0.6 is 11.3 Å². The van der Waals surface area contributed by atoms with E-state index in [2.05, 4.69) is 24.6 Å². The van der Waals surface area contributed by atoms with Gasteiger partial charge in [0.15, 0.2) is 0 Å². The first-order valence-corrected chi connectivity index (χ1v) is 9.51. The molecule has 0 amide bonds. The molecule has 0 aliphatic carbocycles. The van der Waals surface area contributed by atoms with E-state index in [1.165, 1.54) is 62.8 Å². The largest absolute Gasteiger partial charge is 0.248 e. The smallest absolute Gasteiger partial charge is 0.0997 e. The summed E-state index contributed by atoms with van der Waals surface area (Å²) in [6.45, 7) is 4.52. The molecule has 116 valence electrons. The maximum Gasteiger partial charge on any atom is 0.0997 e. The van der Waals surface area contributed by atoms with Gasteiger partial charge >= 0.3 is 0 Å². The first-order chi connectivity index (χ1) is 10.3. The number of aryl methyl sites for hydroxylation is 2. The van der Waals surface area contributed by atoms with Gasteiger partial charge in [-0.2, -0.15) is 0 Å². The summed E-state index contributed by atoms with van der Waals surface area (Å²) in [7, 11) is 0. The minimum absolute atomic E-state index is 1.09. The minimum Gasteiger partial charge on any atom is -0.248 e. The van der Waals surface area contributed by atoms with Crippen LogP contribution in [0.3, 0.4) is 0 Å². The molecule has 2 aromatic heterocycles. The standard InChI is InChI=1S/C18H28N2S/c1-3-5-7-9-11-15-16(12-10-8-6-4-2)20-18-14-21-13-17(18)19-15/h13-14H,3-12H2,1-2H3. The number of aromatic nitrogens is 2. The van der Waals surface area contributed by atoms with E-state index >= 15 is 0 Å². The minimum atomic E-state index is 1.09. The van der Waals surface area contributed by atoms with Crippen molar-refractivity contribution in [3.8, 4) is 0 Å². The maximum absolute atomic E-state index is 4.88. The van der Waals surface area contributed by atoms with Crippen LogP contribution in [0.4, 0.5) is 0 Å². The maximum atomic E-state index is 4.88. The van der Waals surface area contributed by atoms with Crippen LogP contribution in [-0.2, 0) is 12.8 Å². The predicted molar refractivity (Wildman–Crippen MR) is 93.1 cm³/mol. The number of unbranched alkanes of at least 4 members (excludes halogenated alkanes) is 6. The van der Waals surface area contributed by atoms with Gasteiger partial charge in [0.25, 0.3) is 0 Å². The summed E-state index contributed by atoms with van der Waals surface area (Å²) in [6, 6.07) is 0. The molecule has 0 spiro atoms. The molecule has 0 fully saturated rings. The Bertz CT molecular complexity index is 487. The number of hydrogen-bond acceptors (Lipinski definition) is 3. The molecule has 3 heteroatoms. The molecule has 2 aromatic rings. The zero-order valence-corrected chi connectivity index (χ0v) is 14.3. The van der Waals surface area contributed by atoms with Gasteiger partial charge in [0.1, 0.15) is 0 Å². The second kappa shape index (κ2) is 9.14. The van der Waals surface area contributed by atoms with Crippen molar-refractivity contribution in [1.82, 2.24) is 9.97 Å². The van der Waals surface area contributed by atoms with Crippen molar-refractivity contribution < 1.29 is 0 Å². The van der Waals surface area contributed by atoms with E-state index in [1.807, 2.05) is 0 Å². The van der Waals surface area contributed by atoms with Crippen molar-refractivity contribution in [1.29, 1.82) is 0 Å². The first-order valence-electron chi connectivity index (χ1n) is 8.56. The van der Waals surface area contributed by atoms with Crippen LogP contribution in [0.1, 0.15) is 76.6 Å². The fourth-order valence-corrected chi connectivity index (χ4v) is 3.38. The Morgan fingerprint density at radius 2 is 1.19 bits per heavy atom. The molecule has 0 radical (unpaired) electrons. The van der Waals surface area contributed by atoms with Crippen LogP contribution in [0, 0.1) is 0 Å². The molecule has 0 aliphatic rings. The van der Waals surface area contributed by atoms with Crippen molar-refractivity contribution in [2.75, 3.05) is 0 Å². The van der Waals surface area contributed by atoms with Crippen LogP contribution in [0.2, 0.25) is 0 Å². The van der Waals surface area contributed by atoms with Gasteiger partial charge in [-0.25, -0.2) is 9.97 Å². The van der Waals surface area contributed by atoms with Gasteiger partial charge in [-0.3, -0.25) is 0 Å². The van der Waals surface area contributed by atoms with E-state index in [0.717, 1.165) is 23.9 Å². The summed E-state index contributed by atoms with van der Waals surface area (Å²) in [4.78, 5) is 9.76. The Kier molecular flexibility index (Phi) is 7.14. The second-order valence-electron chi connectivity index (χ2n) is 5.88. The molecule has 0 unspecified atom stereocenters. The monoisotopic (exact) mass is 304 g/mol. The molecule has 2 heterocycles. The lowest BCUT2D eigenvalue weighted by molar-refractivity contribution is 0.639. The van der Waals surface area contributed by atoms with Crippen LogP contribution in [0.15, 0.2) is 10.8 Å². The van der Waals surface area contributed by atoms with Crippen LogP contribution in [0.5, 0.6) is 0 Å². The molecular weight excluding hydrogens is 276 g/mol. The van der Waals surface area contributed by atoms with Gasteiger partial charge < -0.3 is 0 Å². The summed E-state index contributed by atoms with van der Waals surface area (Å²) in [5, 5.41) is 4.25. The molecule has 0 N–H and O–H groups in total. The van der Waals surface area contributed by atoms with Crippen LogP contribution in [-0.4, -0.2) is 9.97 Å². The van der Waals surface area contributed by atoms with E-state index in [9.17, 15) is 0 Å². The number of hydrogen-bond donors (Lipinski definition) is 0. The zero-order chi connectivity index (χ0) is 14.9. The third-order valence-corrected chi connectivity index (χ3v) is 4.72. The molecule has 0 aromatic carbocycles. The molecule has 0 bridgehead atoms. The first kappa shape index (κ1) is 16.4. The molecule has 2 nitrogen and oxygen atoms in total. The lowest BCUT2D eigenvalue weighted by atomic mass is 10.0. The van der Waals surface area contributed by atoms with Crippen LogP contribution in [0.25, 0.3) is 11.0 Å². The van der Waals surface area contributed by atoms with Gasteiger partial charge in [-0.15, -0.1) is 11.3 Å². The van der Waals surface area contributed by atoms with Gasteiger partial charge in [0.2, 0.25) is 0 Å². The normalized spacial score (nSPS) is 11.3. The zero-order valence-electron chi connectivity index (χ0n) is 13.5. The van der Waals surface area contributed by atoms with Gasteiger partial charge in [0, 0.05) is 10.8 Å². The Balaban J connectivity index is 2.03. The highest BCUT2D eigenvalue weighted by molar-refractivity contribution is 7.09. The third-order valence-electron chi connectivity index (χ3n) is 4.00. The van der Waals surface area contributed by atoms with Crippen molar-refractivity contribution in [2.45, 2.75) is 78.1 Å². The highest BCUT2D eigenvalue weighted by Gasteiger charge is 2.09. The molecule has 21 heavy (non-hydrogen) atoms. The topological polar surface area (TPSA) is 25.8 Å². The second-order valence-corrected chi connectivity index (χ2v) is 6.62. The average molecular weight is 305 g/mol. The summed E-state index contributed by atoms with van der Waals surface area (Å²) in [6.07, 6.45) is 12.6. The Labute approximate surface area is 133 Å². The number of fused-ring (bicyclic) bond motifs is 1. The van der Waals surface area contributed by atoms with Crippen LogP contribution < -0.4 is 0 Å². The fourth-order valence-electron chi connectivity index (χ4n) is 2.71. The van der Waals surface area contributed by atoms with Gasteiger partial charge in [-0.05, 0) is 25.7 Å². The van der Waals surface area contributed by atoms with E-state index in [-0.39, 0.29) is 0 Å². The Morgan fingerprint density at radius 3 is 1.62 bits per heavy atom. The highest BCUT2D eigenvalue weighted by Crippen LogP contribution is 2.20. The Morgan fingerprint density at radius 1 is 0.714 bits per heavy atom. The van der Waals surface area contributed by atoms with Gasteiger partial charge in [-0.1, -0.05) is 52.4 Å². The lowest BCUT2D eigenvalue weighted by Gasteiger charge is -2.08. The van der Waals surface area contributed by atoms with E-state index in [4.69, 9.17) is 9.97 Å². The molecular formula is C18H28N2S. The Hall–Kier alpha value is -0.960. The van der Waals surface area contributed by atoms with Gasteiger partial charge in [0.05, 0.1) is 22.4 Å². The average Bonchev–Trinajstić information content (AvgIpc) is 2.95. The summed E-state index contributed by atoms with van der Waals surface area (Å²) in [5.41, 5.74) is 4.69. The van der Waals surface area contributed by atoms with Crippen molar-refractivity contribution in [2.24, 2.45) is 0 Å². The third kappa shape index (κ3) is 5.06. The molecule has 0 saturated carbocycles. The molecule has 0 aliphatic heterocycles. The SMILES string of the molecule is CCCCCCc1nc2cscc2nc1CCCCCC. The van der Waals surface area contributed by atoms with E-state index in [0.29, 0.717) is 0 Å². The fraction of sp³-hybridized carbons (Fsp3) is 0.667. The van der Waals surface area contributed by atoms with Crippen molar-refractivity contribution >= 4 is 22.4 Å². The van der Waals surface area contributed by atoms with Crippen molar-refractivity contribution in [3.63, 3.8) is 0 Å². The van der Waals surface area contributed by atoms with Crippen molar-refractivity contribution in [3.05, 3.63) is 22.1 Å². The quantitative estimate of drug-likeness (QED) is 0.508. The van der Waals surface area contributed by atoms with E-state index in [1.54, 1.807) is 11.3 Å². The molecule has 0 atom stereocenters. The number of rotatable bonds is 10. The number of thiophene rings is 1.